The van der Waals surface area contributed by atoms with Crippen LogP contribution in [0.1, 0.15) is 38.5 Å². The van der Waals surface area contributed by atoms with Gasteiger partial charge in [-0.3, -0.25) is 9.59 Å². The molecule has 0 spiro atoms. The van der Waals surface area contributed by atoms with Crippen molar-refractivity contribution >= 4 is 17.6 Å². The summed E-state index contributed by atoms with van der Waals surface area (Å²) in [6, 6.07) is 5.89. The van der Waals surface area contributed by atoms with Crippen LogP contribution in [-0.4, -0.2) is 65.9 Å². The summed E-state index contributed by atoms with van der Waals surface area (Å²) in [6.07, 6.45) is 7.08. The molecule has 0 radical (unpaired) electrons. The number of likely N-dealkylation sites (tertiary alicyclic amines) is 1. The molecule has 6 nitrogen and oxygen atoms in total. The van der Waals surface area contributed by atoms with Gasteiger partial charge in [-0.2, -0.15) is 0 Å². The number of carbonyl (C=O) groups is 2. The lowest BCUT2D eigenvalue weighted by atomic mass is 10.2. The molecule has 0 unspecified atom stereocenters. The molecule has 0 N–H and O–H groups in total. The lowest BCUT2D eigenvalue weighted by molar-refractivity contribution is -0.137. The zero-order valence-electron chi connectivity index (χ0n) is 14.9. The third-order valence-corrected chi connectivity index (χ3v) is 5.12. The topological polar surface area (TPSA) is 56.8 Å². The molecule has 0 saturated carbocycles. The van der Waals surface area contributed by atoms with Gasteiger partial charge in [0.2, 0.25) is 11.8 Å². The number of anilines is 1. The van der Waals surface area contributed by atoms with Crippen molar-refractivity contribution in [1.82, 2.24) is 14.8 Å². The smallest absolute Gasteiger partial charge is 0.223 e. The van der Waals surface area contributed by atoms with Crippen LogP contribution in [0.15, 0.2) is 24.4 Å². The van der Waals surface area contributed by atoms with Crippen LogP contribution in [0.2, 0.25) is 0 Å². The number of aromatic nitrogens is 1. The van der Waals surface area contributed by atoms with Crippen LogP contribution in [0, 0.1) is 0 Å². The standard InChI is InChI=1S/C19H28N4O2/c24-18(22-11-5-1-2-6-12-22)8-9-19(25)23-15-13-21(14-16-23)17-7-3-4-10-20-17/h3-4,7,10H,1-2,5-6,8-9,11-16H2. The summed E-state index contributed by atoms with van der Waals surface area (Å²) in [4.78, 5) is 35.1. The van der Waals surface area contributed by atoms with Crippen LogP contribution in [0.25, 0.3) is 0 Å². The van der Waals surface area contributed by atoms with E-state index in [9.17, 15) is 9.59 Å². The second-order valence-electron chi connectivity index (χ2n) is 6.85. The fourth-order valence-corrected chi connectivity index (χ4v) is 3.58. The highest BCUT2D eigenvalue weighted by atomic mass is 16.2. The number of pyridine rings is 1. The average molecular weight is 344 g/mol. The predicted octanol–water partition coefficient (Wildman–Crippen LogP) is 1.91. The van der Waals surface area contributed by atoms with Gasteiger partial charge >= 0.3 is 0 Å². The molecule has 136 valence electrons. The largest absolute Gasteiger partial charge is 0.353 e. The maximum absolute atomic E-state index is 12.4. The summed E-state index contributed by atoms with van der Waals surface area (Å²) in [5.74, 6) is 1.21. The number of nitrogens with zero attached hydrogens (tertiary/aromatic N) is 4. The summed E-state index contributed by atoms with van der Waals surface area (Å²) < 4.78 is 0. The summed E-state index contributed by atoms with van der Waals surface area (Å²) in [7, 11) is 0. The normalized spacial score (nSPS) is 18.8. The van der Waals surface area contributed by atoms with Gasteiger partial charge in [-0.15, -0.1) is 0 Å². The molecule has 0 atom stereocenters. The first-order valence-electron chi connectivity index (χ1n) is 9.45. The van der Waals surface area contributed by atoms with E-state index in [0.29, 0.717) is 25.9 Å². The minimum Gasteiger partial charge on any atom is -0.353 e. The second-order valence-corrected chi connectivity index (χ2v) is 6.85. The zero-order valence-corrected chi connectivity index (χ0v) is 14.9. The number of hydrogen-bond acceptors (Lipinski definition) is 4. The van der Waals surface area contributed by atoms with Crippen molar-refractivity contribution in [2.45, 2.75) is 38.5 Å². The van der Waals surface area contributed by atoms with Crippen LogP contribution in [0.4, 0.5) is 5.82 Å². The number of hydrogen-bond donors (Lipinski definition) is 0. The molecule has 2 amide bonds. The number of carbonyl (C=O) groups excluding carboxylic acids is 2. The van der Waals surface area contributed by atoms with Crippen molar-refractivity contribution in [3.05, 3.63) is 24.4 Å². The highest BCUT2D eigenvalue weighted by molar-refractivity contribution is 5.84. The molecule has 3 heterocycles. The summed E-state index contributed by atoms with van der Waals surface area (Å²) >= 11 is 0. The maximum atomic E-state index is 12.4. The zero-order chi connectivity index (χ0) is 17.5. The van der Waals surface area contributed by atoms with E-state index in [4.69, 9.17) is 0 Å². The van der Waals surface area contributed by atoms with Gasteiger partial charge in [0.25, 0.3) is 0 Å². The van der Waals surface area contributed by atoms with E-state index in [2.05, 4.69) is 9.88 Å². The molecule has 1 aromatic heterocycles. The van der Waals surface area contributed by atoms with Crippen LogP contribution >= 0.6 is 0 Å². The molecule has 2 aliphatic rings. The van der Waals surface area contributed by atoms with Gasteiger partial charge in [0.05, 0.1) is 0 Å². The fraction of sp³-hybridized carbons (Fsp3) is 0.632. The van der Waals surface area contributed by atoms with Crippen molar-refractivity contribution in [3.8, 4) is 0 Å². The molecule has 25 heavy (non-hydrogen) atoms. The molecule has 0 bridgehead atoms. The van der Waals surface area contributed by atoms with Crippen molar-refractivity contribution in [3.63, 3.8) is 0 Å². The molecule has 0 aliphatic carbocycles. The molecule has 6 heteroatoms. The van der Waals surface area contributed by atoms with Crippen molar-refractivity contribution < 1.29 is 9.59 Å². The van der Waals surface area contributed by atoms with Crippen LogP contribution in [-0.2, 0) is 9.59 Å². The maximum Gasteiger partial charge on any atom is 0.223 e. The predicted molar refractivity (Wildman–Crippen MR) is 97.3 cm³/mol. The molecular formula is C19H28N4O2. The van der Waals surface area contributed by atoms with E-state index in [1.54, 1.807) is 6.20 Å². The minimum absolute atomic E-state index is 0.101. The van der Waals surface area contributed by atoms with Crippen molar-refractivity contribution in [2.75, 3.05) is 44.2 Å². The highest BCUT2D eigenvalue weighted by Gasteiger charge is 2.23. The average Bonchev–Trinajstić information content (AvgIpc) is 2.96. The van der Waals surface area contributed by atoms with Gasteiger partial charge in [-0.1, -0.05) is 18.9 Å². The van der Waals surface area contributed by atoms with Crippen LogP contribution < -0.4 is 4.90 Å². The van der Waals surface area contributed by atoms with Crippen LogP contribution in [0.5, 0.6) is 0 Å². The number of piperazine rings is 1. The van der Waals surface area contributed by atoms with Gasteiger partial charge < -0.3 is 14.7 Å². The Kier molecular flexibility index (Phi) is 6.25. The Morgan fingerprint density at radius 3 is 1.96 bits per heavy atom. The quantitative estimate of drug-likeness (QED) is 0.837. The Labute approximate surface area is 149 Å². The molecule has 1 aromatic rings. The number of rotatable bonds is 4. The van der Waals surface area contributed by atoms with Gasteiger partial charge in [-0.25, -0.2) is 4.98 Å². The first-order valence-corrected chi connectivity index (χ1v) is 9.45. The highest BCUT2D eigenvalue weighted by Crippen LogP contribution is 2.15. The van der Waals surface area contributed by atoms with E-state index >= 15 is 0 Å². The van der Waals surface area contributed by atoms with Gasteiger partial charge in [-0.05, 0) is 25.0 Å². The van der Waals surface area contributed by atoms with E-state index in [0.717, 1.165) is 44.8 Å². The summed E-state index contributed by atoms with van der Waals surface area (Å²) in [6.45, 7) is 4.71. The molecule has 2 saturated heterocycles. The van der Waals surface area contributed by atoms with E-state index in [1.807, 2.05) is 28.0 Å². The SMILES string of the molecule is O=C(CCC(=O)N1CCN(c2ccccn2)CC1)N1CCCCCC1. The van der Waals surface area contributed by atoms with Gasteiger partial charge in [0.1, 0.15) is 5.82 Å². The van der Waals surface area contributed by atoms with Crippen LogP contribution in [0.3, 0.4) is 0 Å². The van der Waals surface area contributed by atoms with E-state index in [1.165, 1.54) is 12.8 Å². The molecular weight excluding hydrogens is 316 g/mol. The monoisotopic (exact) mass is 344 g/mol. The Morgan fingerprint density at radius 1 is 0.800 bits per heavy atom. The van der Waals surface area contributed by atoms with Crippen molar-refractivity contribution in [1.29, 1.82) is 0 Å². The number of amides is 2. The fourth-order valence-electron chi connectivity index (χ4n) is 3.58. The Hall–Kier alpha value is -2.11. The first-order chi connectivity index (χ1) is 12.2. The second kappa shape index (κ2) is 8.83. The third kappa shape index (κ3) is 4.94. The lowest BCUT2D eigenvalue weighted by Gasteiger charge is -2.35. The third-order valence-electron chi connectivity index (χ3n) is 5.12. The first kappa shape index (κ1) is 17.7. The Balaban J connectivity index is 1.41. The minimum atomic E-state index is 0.101. The van der Waals surface area contributed by atoms with E-state index < -0.39 is 0 Å². The Bertz CT molecular complexity index is 562. The lowest BCUT2D eigenvalue weighted by Crippen LogP contribution is -2.49. The summed E-state index contributed by atoms with van der Waals surface area (Å²) in [5.41, 5.74) is 0. The van der Waals surface area contributed by atoms with E-state index in [-0.39, 0.29) is 11.8 Å². The Morgan fingerprint density at radius 2 is 1.40 bits per heavy atom. The molecule has 2 fully saturated rings. The molecule has 0 aromatic carbocycles. The van der Waals surface area contributed by atoms with Gasteiger partial charge in [0.15, 0.2) is 0 Å². The van der Waals surface area contributed by atoms with Gasteiger partial charge in [0, 0.05) is 58.3 Å². The summed E-state index contributed by atoms with van der Waals surface area (Å²) in [5, 5.41) is 0. The molecule has 3 rings (SSSR count). The molecule has 2 aliphatic heterocycles. The van der Waals surface area contributed by atoms with Crippen molar-refractivity contribution in [2.24, 2.45) is 0 Å².